The molecule has 0 aromatic heterocycles. The molecule has 0 amide bonds. The Balaban J connectivity index is 2.82. The van der Waals surface area contributed by atoms with Crippen LogP contribution in [0, 0.1) is 5.92 Å². The number of carbonyl (C=O) groups excluding carboxylic acids is 1. The van der Waals surface area contributed by atoms with E-state index in [1.165, 1.54) is 12.3 Å². The standard InChI is InChI=1S/C16H30O3Si/c1-11(2)20(12(3)4,13(5)6)19-10-16-14(7)15(17)8-9-18-16/h8-9,11-14,16H,10H2,1-7H3/t14-,16-/m0/s1. The summed E-state index contributed by atoms with van der Waals surface area (Å²) in [7, 11) is -1.88. The summed E-state index contributed by atoms with van der Waals surface area (Å²) in [5.41, 5.74) is 1.65. The second-order valence-corrected chi connectivity index (χ2v) is 12.3. The average molecular weight is 298 g/mol. The largest absolute Gasteiger partial charge is 0.495 e. The highest BCUT2D eigenvalue weighted by Crippen LogP contribution is 2.42. The Bertz CT molecular complexity index is 339. The molecule has 0 spiro atoms. The molecule has 0 saturated heterocycles. The van der Waals surface area contributed by atoms with E-state index in [1.807, 2.05) is 6.92 Å². The van der Waals surface area contributed by atoms with Crippen LogP contribution in [0.3, 0.4) is 0 Å². The van der Waals surface area contributed by atoms with E-state index in [-0.39, 0.29) is 17.8 Å². The molecule has 4 heteroatoms. The topological polar surface area (TPSA) is 35.5 Å². The first-order valence-corrected chi connectivity index (χ1v) is 9.87. The molecule has 0 radical (unpaired) electrons. The molecule has 1 heterocycles. The van der Waals surface area contributed by atoms with Crippen molar-refractivity contribution in [2.75, 3.05) is 6.61 Å². The minimum atomic E-state index is -1.88. The monoisotopic (exact) mass is 298 g/mol. The summed E-state index contributed by atoms with van der Waals surface area (Å²) in [6, 6.07) is 0. The SMILES string of the molecule is CC(C)[Si](OC[C@@H]1OC=CC(=O)[C@@H]1C)(C(C)C)C(C)C. The van der Waals surface area contributed by atoms with E-state index in [9.17, 15) is 4.79 Å². The third-order valence-corrected chi connectivity index (χ3v) is 10.8. The zero-order valence-electron chi connectivity index (χ0n) is 14.0. The Morgan fingerprint density at radius 2 is 1.65 bits per heavy atom. The van der Waals surface area contributed by atoms with Gasteiger partial charge in [0.25, 0.3) is 0 Å². The van der Waals surface area contributed by atoms with Gasteiger partial charge in [-0.3, -0.25) is 4.79 Å². The fourth-order valence-corrected chi connectivity index (χ4v) is 9.02. The van der Waals surface area contributed by atoms with E-state index in [0.29, 0.717) is 23.2 Å². The maximum absolute atomic E-state index is 11.7. The van der Waals surface area contributed by atoms with Gasteiger partial charge in [-0.25, -0.2) is 0 Å². The number of hydrogen-bond acceptors (Lipinski definition) is 3. The lowest BCUT2D eigenvalue weighted by atomic mass is 9.98. The van der Waals surface area contributed by atoms with E-state index in [4.69, 9.17) is 9.16 Å². The van der Waals surface area contributed by atoms with Gasteiger partial charge in [0.05, 0.1) is 18.8 Å². The van der Waals surface area contributed by atoms with Gasteiger partial charge in [0.15, 0.2) is 5.78 Å². The Labute approximate surface area is 124 Å². The Hall–Kier alpha value is -0.613. The molecule has 0 aromatic carbocycles. The third kappa shape index (κ3) is 3.34. The van der Waals surface area contributed by atoms with Crippen molar-refractivity contribution in [2.45, 2.75) is 71.2 Å². The molecule has 0 unspecified atom stereocenters. The van der Waals surface area contributed by atoms with E-state index in [2.05, 4.69) is 41.5 Å². The highest BCUT2D eigenvalue weighted by Gasteiger charge is 2.46. The Morgan fingerprint density at radius 3 is 2.10 bits per heavy atom. The van der Waals surface area contributed by atoms with Crippen LogP contribution in [0.2, 0.25) is 16.6 Å². The van der Waals surface area contributed by atoms with Crippen molar-refractivity contribution in [3.63, 3.8) is 0 Å². The Kier molecular flexibility index (Phi) is 6.01. The highest BCUT2D eigenvalue weighted by atomic mass is 28.4. The van der Waals surface area contributed by atoms with Gasteiger partial charge in [-0.2, -0.15) is 0 Å². The molecule has 1 rings (SSSR count). The van der Waals surface area contributed by atoms with Gasteiger partial charge < -0.3 is 9.16 Å². The molecule has 1 aliphatic rings. The molecule has 116 valence electrons. The van der Waals surface area contributed by atoms with E-state index in [0.717, 1.165) is 0 Å². The van der Waals surface area contributed by atoms with Crippen LogP contribution in [0.4, 0.5) is 0 Å². The predicted octanol–water partition coefficient (Wildman–Crippen LogP) is 4.30. The number of carbonyl (C=O) groups is 1. The summed E-state index contributed by atoms with van der Waals surface area (Å²) in [4.78, 5) is 11.7. The first-order valence-electron chi connectivity index (χ1n) is 7.73. The van der Waals surface area contributed by atoms with Crippen molar-refractivity contribution < 1.29 is 14.0 Å². The Morgan fingerprint density at radius 1 is 1.15 bits per heavy atom. The van der Waals surface area contributed by atoms with Gasteiger partial charge >= 0.3 is 0 Å². The molecule has 0 N–H and O–H groups in total. The number of rotatable bonds is 6. The molecule has 0 aromatic rings. The summed E-state index contributed by atoms with van der Waals surface area (Å²) in [5.74, 6) is 0.0222. The molecule has 0 aliphatic carbocycles. The van der Waals surface area contributed by atoms with E-state index < -0.39 is 8.32 Å². The average Bonchev–Trinajstić information content (AvgIpc) is 2.33. The molecule has 20 heavy (non-hydrogen) atoms. The molecular formula is C16H30O3Si. The first kappa shape index (κ1) is 17.4. The van der Waals surface area contributed by atoms with Crippen molar-refractivity contribution in [1.29, 1.82) is 0 Å². The van der Waals surface area contributed by atoms with E-state index in [1.54, 1.807) is 0 Å². The molecular weight excluding hydrogens is 268 g/mol. The van der Waals surface area contributed by atoms with Crippen molar-refractivity contribution in [1.82, 2.24) is 0 Å². The van der Waals surface area contributed by atoms with Crippen molar-refractivity contribution in [3.05, 3.63) is 12.3 Å². The second kappa shape index (κ2) is 6.90. The smallest absolute Gasteiger partial charge is 0.200 e. The summed E-state index contributed by atoms with van der Waals surface area (Å²) in [5, 5.41) is 0. The second-order valence-electron chi connectivity index (χ2n) is 6.80. The van der Waals surface area contributed by atoms with Gasteiger partial charge in [-0.1, -0.05) is 48.5 Å². The van der Waals surface area contributed by atoms with Crippen LogP contribution in [0.1, 0.15) is 48.5 Å². The van der Waals surface area contributed by atoms with Crippen LogP contribution >= 0.6 is 0 Å². The first-order chi connectivity index (χ1) is 9.23. The fourth-order valence-electron chi connectivity index (χ4n) is 3.57. The minimum absolute atomic E-state index is 0.113. The molecule has 3 nitrogen and oxygen atoms in total. The molecule has 2 atom stereocenters. The van der Waals surface area contributed by atoms with Crippen LogP contribution in [-0.2, 0) is 14.0 Å². The summed E-state index contributed by atoms with van der Waals surface area (Å²) in [6.07, 6.45) is 2.88. The predicted molar refractivity (Wildman–Crippen MR) is 85.2 cm³/mol. The van der Waals surface area contributed by atoms with Gasteiger partial charge in [-0.05, 0) is 16.6 Å². The fraction of sp³-hybridized carbons (Fsp3) is 0.812. The van der Waals surface area contributed by atoms with E-state index >= 15 is 0 Å². The number of allylic oxidation sites excluding steroid dienone is 1. The van der Waals surface area contributed by atoms with Crippen molar-refractivity contribution in [3.8, 4) is 0 Å². The molecule has 0 saturated carbocycles. The number of ketones is 1. The van der Waals surface area contributed by atoms with Gasteiger partial charge in [0.1, 0.15) is 6.10 Å². The van der Waals surface area contributed by atoms with Gasteiger partial charge in [0, 0.05) is 6.08 Å². The molecule has 1 aliphatic heterocycles. The number of hydrogen-bond donors (Lipinski definition) is 0. The summed E-state index contributed by atoms with van der Waals surface area (Å²) in [6.45, 7) is 16.0. The van der Waals surface area contributed by atoms with Crippen molar-refractivity contribution >= 4 is 14.1 Å². The van der Waals surface area contributed by atoms with Gasteiger partial charge in [0.2, 0.25) is 8.32 Å². The maximum atomic E-state index is 11.7. The summed E-state index contributed by atoms with van der Waals surface area (Å²) < 4.78 is 12.1. The van der Waals surface area contributed by atoms with Crippen LogP contribution < -0.4 is 0 Å². The number of ether oxygens (including phenoxy) is 1. The lowest BCUT2D eigenvalue weighted by molar-refractivity contribution is -0.124. The zero-order valence-corrected chi connectivity index (χ0v) is 15.0. The quantitative estimate of drug-likeness (QED) is 0.686. The van der Waals surface area contributed by atoms with Crippen LogP contribution in [-0.4, -0.2) is 26.8 Å². The molecule has 0 fully saturated rings. The summed E-state index contributed by atoms with van der Waals surface area (Å²) >= 11 is 0. The van der Waals surface area contributed by atoms with Crippen molar-refractivity contribution in [2.24, 2.45) is 5.92 Å². The molecule has 0 bridgehead atoms. The van der Waals surface area contributed by atoms with Crippen LogP contribution in [0.15, 0.2) is 12.3 Å². The normalized spacial score (nSPS) is 23.8. The van der Waals surface area contributed by atoms with Crippen LogP contribution in [0.5, 0.6) is 0 Å². The maximum Gasteiger partial charge on any atom is 0.200 e. The van der Waals surface area contributed by atoms with Crippen LogP contribution in [0.25, 0.3) is 0 Å². The highest BCUT2D eigenvalue weighted by molar-refractivity contribution is 6.77. The minimum Gasteiger partial charge on any atom is -0.495 e. The third-order valence-electron chi connectivity index (χ3n) is 4.70. The lowest BCUT2D eigenvalue weighted by Gasteiger charge is -2.43. The zero-order chi connectivity index (χ0) is 15.5. The lowest BCUT2D eigenvalue weighted by Crippen LogP contribution is -2.50. The van der Waals surface area contributed by atoms with Gasteiger partial charge in [-0.15, -0.1) is 0 Å².